The molecule has 4 nitrogen and oxygen atoms in total. The van der Waals surface area contributed by atoms with Gasteiger partial charge in [-0.3, -0.25) is 4.79 Å². The second-order valence-electron chi connectivity index (χ2n) is 4.60. The molecule has 0 aliphatic carbocycles. The van der Waals surface area contributed by atoms with E-state index in [9.17, 15) is 4.79 Å². The summed E-state index contributed by atoms with van der Waals surface area (Å²) in [5, 5.41) is 5.85. The quantitative estimate of drug-likeness (QED) is 0.557. The number of carbonyl (C=O) groups is 1. The van der Waals surface area contributed by atoms with E-state index in [1.807, 2.05) is 38.1 Å². The number of nitrogens with one attached hydrogen (secondary N) is 2. The maximum absolute atomic E-state index is 11.6. The second kappa shape index (κ2) is 8.45. The summed E-state index contributed by atoms with van der Waals surface area (Å²) in [6, 6.07) is 7.72. The van der Waals surface area contributed by atoms with Gasteiger partial charge in [0.25, 0.3) is 0 Å². The van der Waals surface area contributed by atoms with E-state index in [0.717, 1.165) is 11.3 Å². The number of amides is 1. The van der Waals surface area contributed by atoms with E-state index < -0.39 is 0 Å². The zero-order valence-electron chi connectivity index (χ0n) is 11.7. The molecule has 19 heavy (non-hydrogen) atoms. The monoisotopic (exact) mass is 262 g/mol. The van der Waals surface area contributed by atoms with E-state index in [1.165, 1.54) is 5.56 Å². The lowest BCUT2D eigenvalue weighted by atomic mass is 10.2. The maximum Gasteiger partial charge on any atom is 0.238 e. The van der Waals surface area contributed by atoms with Crippen LogP contribution in [0.2, 0.25) is 0 Å². The highest BCUT2D eigenvalue weighted by Gasteiger charge is 2.01. The van der Waals surface area contributed by atoms with Gasteiger partial charge in [-0.05, 0) is 26.0 Å². The third-order valence-corrected chi connectivity index (χ3v) is 2.39. The molecule has 0 bridgehead atoms. The number of benzene rings is 1. The van der Waals surface area contributed by atoms with E-state index in [4.69, 9.17) is 4.74 Å². The Hall–Kier alpha value is -1.65. The molecule has 0 radical (unpaired) electrons. The molecule has 1 rings (SSSR count). The van der Waals surface area contributed by atoms with Crippen molar-refractivity contribution < 1.29 is 9.53 Å². The molecule has 4 heteroatoms. The summed E-state index contributed by atoms with van der Waals surface area (Å²) in [6.07, 6.45) is 0. The molecule has 0 aliphatic rings. The Kier molecular flexibility index (Phi) is 6.85. The summed E-state index contributed by atoms with van der Waals surface area (Å²) in [6.45, 7) is 9.75. The minimum atomic E-state index is -0.0521. The third-order valence-electron chi connectivity index (χ3n) is 2.39. The lowest BCUT2D eigenvalue weighted by Crippen LogP contribution is -2.30. The zero-order valence-corrected chi connectivity index (χ0v) is 11.7. The van der Waals surface area contributed by atoms with Crippen molar-refractivity contribution in [2.75, 3.05) is 31.6 Å². The van der Waals surface area contributed by atoms with Gasteiger partial charge in [0.2, 0.25) is 5.91 Å². The number of rotatable bonds is 8. The standard InChI is InChI=1S/C15H22N2O2/c1-12(2)11-19-9-8-16-10-15(18)17-14-6-4-13(3)5-7-14/h4-7,16H,1,8-11H2,2-3H3,(H,17,18). The highest BCUT2D eigenvalue weighted by molar-refractivity contribution is 5.92. The Morgan fingerprint density at radius 2 is 2.00 bits per heavy atom. The summed E-state index contributed by atoms with van der Waals surface area (Å²) in [5.41, 5.74) is 2.99. The van der Waals surface area contributed by atoms with Crippen LogP contribution in [0.5, 0.6) is 0 Å². The highest BCUT2D eigenvalue weighted by Crippen LogP contribution is 2.07. The second-order valence-corrected chi connectivity index (χ2v) is 4.60. The summed E-state index contributed by atoms with van der Waals surface area (Å²) in [5.74, 6) is -0.0521. The van der Waals surface area contributed by atoms with Crippen LogP contribution in [0, 0.1) is 6.92 Å². The van der Waals surface area contributed by atoms with Gasteiger partial charge in [-0.2, -0.15) is 0 Å². The van der Waals surface area contributed by atoms with Gasteiger partial charge in [-0.15, -0.1) is 0 Å². The van der Waals surface area contributed by atoms with Gasteiger partial charge in [-0.1, -0.05) is 29.8 Å². The minimum Gasteiger partial charge on any atom is -0.376 e. The fraction of sp³-hybridized carbons (Fsp3) is 0.400. The van der Waals surface area contributed by atoms with Crippen molar-refractivity contribution in [2.24, 2.45) is 0 Å². The summed E-state index contributed by atoms with van der Waals surface area (Å²) >= 11 is 0. The van der Waals surface area contributed by atoms with Gasteiger partial charge in [0.05, 0.1) is 19.8 Å². The van der Waals surface area contributed by atoms with Gasteiger partial charge in [-0.25, -0.2) is 0 Å². The normalized spacial score (nSPS) is 10.2. The molecule has 0 atom stereocenters. The van der Waals surface area contributed by atoms with Gasteiger partial charge >= 0.3 is 0 Å². The summed E-state index contributed by atoms with van der Waals surface area (Å²) in [7, 11) is 0. The molecule has 1 aromatic rings. The highest BCUT2D eigenvalue weighted by atomic mass is 16.5. The number of carbonyl (C=O) groups excluding carboxylic acids is 1. The van der Waals surface area contributed by atoms with Crippen LogP contribution in [0.1, 0.15) is 12.5 Å². The van der Waals surface area contributed by atoms with Crippen molar-refractivity contribution >= 4 is 11.6 Å². The number of anilines is 1. The first kappa shape index (κ1) is 15.4. The Labute approximate surface area is 114 Å². The van der Waals surface area contributed by atoms with Gasteiger partial charge in [0, 0.05) is 12.2 Å². The molecule has 0 fully saturated rings. The predicted octanol–water partition coefficient (Wildman–Crippen LogP) is 2.12. The largest absolute Gasteiger partial charge is 0.376 e. The molecule has 1 amide bonds. The molecule has 0 saturated heterocycles. The number of hydrogen-bond donors (Lipinski definition) is 2. The van der Waals surface area contributed by atoms with Crippen LogP contribution in [0.3, 0.4) is 0 Å². The first-order valence-electron chi connectivity index (χ1n) is 6.37. The van der Waals surface area contributed by atoms with Crippen LogP contribution >= 0.6 is 0 Å². The molecular weight excluding hydrogens is 240 g/mol. The molecule has 0 saturated carbocycles. The van der Waals surface area contributed by atoms with Crippen molar-refractivity contribution in [1.82, 2.24) is 5.32 Å². The van der Waals surface area contributed by atoms with Crippen molar-refractivity contribution in [1.29, 1.82) is 0 Å². The fourth-order valence-corrected chi connectivity index (χ4v) is 1.43. The molecule has 0 aliphatic heterocycles. The van der Waals surface area contributed by atoms with Crippen LogP contribution in [0.4, 0.5) is 5.69 Å². The number of ether oxygens (including phenoxy) is 1. The molecule has 0 aromatic heterocycles. The Balaban J connectivity index is 2.11. The van der Waals surface area contributed by atoms with Crippen LogP contribution in [-0.2, 0) is 9.53 Å². The van der Waals surface area contributed by atoms with Crippen molar-refractivity contribution in [3.8, 4) is 0 Å². The van der Waals surface area contributed by atoms with Crippen molar-refractivity contribution in [2.45, 2.75) is 13.8 Å². The topological polar surface area (TPSA) is 50.4 Å². The third kappa shape index (κ3) is 7.39. The average molecular weight is 262 g/mol. The van der Waals surface area contributed by atoms with E-state index in [2.05, 4.69) is 17.2 Å². The summed E-state index contributed by atoms with van der Waals surface area (Å²) < 4.78 is 5.31. The first-order valence-corrected chi connectivity index (χ1v) is 6.37. The van der Waals surface area contributed by atoms with Gasteiger partial charge < -0.3 is 15.4 Å². The van der Waals surface area contributed by atoms with Gasteiger partial charge in [0.15, 0.2) is 0 Å². The smallest absolute Gasteiger partial charge is 0.238 e. The Bertz CT molecular complexity index is 413. The average Bonchev–Trinajstić information content (AvgIpc) is 2.36. The molecular formula is C15H22N2O2. The van der Waals surface area contributed by atoms with Crippen molar-refractivity contribution in [3.63, 3.8) is 0 Å². The fourth-order valence-electron chi connectivity index (χ4n) is 1.43. The van der Waals surface area contributed by atoms with Crippen LogP contribution in [0.25, 0.3) is 0 Å². The molecule has 0 heterocycles. The number of aryl methyl sites for hydroxylation is 1. The first-order chi connectivity index (χ1) is 9.08. The predicted molar refractivity (Wildman–Crippen MR) is 78.3 cm³/mol. The van der Waals surface area contributed by atoms with Crippen LogP contribution in [-0.4, -0.2) is 32.2 Å². The number of hydrogen-bond acceptors (Lipinski definition) is 3. The van der Waals surface area contributed by atoms with E-state index in [-0.39, 0.29) is 12.5 Å². The van der Waals surface area contributed by atoms with Crippen molar-refractivity contribution in [3.05, 3.63) is 42.0 Å². The molecule has 104 valence electrons. The van der Waals surface area contributed by atoms with E-state index in [0.29, 0.717) is 19.8 Å². The Morgan fingerprint density at radius 1 is 1.32 bits per heavy atom. The SMILES string of the molecule is C=C(C)COCCNCC(=O)Nc1ccc(C)cc1. The maximum atomic E-state index is 11.6. The van der Waals surface area contributed by atoms with E-state index in [1.54, 1.807) is 0 Å². The lowest BCUT2D eigenvalue weighted by Gasteiger charge is -2.07. The zero-order chi connectivity index (χ0) is 14.1. The minimum absolute atomic E-state index is 0.0521. The Morgan fingerprint density at radius 3 is 2.63 bits per heavy atom. The molecule has 2 N–H and O–H groups in total. The summed E-state index contributed by atoms with van der Waals surface area (Å²) in [4.78, 5) is 11.6. The van der Waals surface area contributed by atoms with Crippen LogP contribution in [0.15, 0.2) is 36.4 Å². The molecule has 1 aromatic carbocycles. The molecule has 0 spiro atoms. The molecule has 0 unspecified atom stereocenters. The van der Waals surface area contributed by atoms with E-state index >= 15 is 0 Å². The van der Waals surface area contributed by atoms with Gasteiger partial charge in [0.1, 0.15) is 0 Å². The van der Waals surface area contributed by atoms with Crippen LogP contribution < -0.4 is 10.6 Å². The lowest BCUT2D eigenvalue weighted by molar-refractivity contribution is -0.115.